The Kier molecular flexibility index (Phi) is 4.73. The average molecular weight is 382 g/mol. The Morgan fingerprint density at radius 2 is 1.65 bits per heavy atom. The van der Waals surface area contributed by atoms with E-state index in [9.17, 15) is 21.6 Å². The summed E-state index contributed by atoms with van der Waals surface area (Å²) in [4.78, 5) is -0.802. The molecular weight excluding hydrogens is 369 g/mol. The van der Waals surface area contributed by atoms with Crippen LogP contribution in [-0.4, -0.2) is 19.1 Å². The molecule has 5 nitrogen and oxygen atoms in total. The van der Waals surface area contributed by atoms with Crippen LogP contribution in [-0.2, 0) is 16.4 Å². The van der Waals surface area contributed by atoms with E-state index >= 15 is 0 Å². The van der Waals surface area contributed by atoms with Crippen molar-refractivity contribution in [3.8, 4) is 11.3 Å². The smallest absolute Gasteiger partial charge is 0.379 e. The summed E-state index contributed by atoms with van der Waals surface area (Å²) in [5.74, 6) is 0.592. The fourth-order valence-corrected chi connectivity index (χ4v) is 2.97. The summed E-state index contributed by atoms with van der Waals surface area (Å²) in [6, 6.07) is 15.4. The lowest BCUT2D eigenvalue weighted by Crippen LogP contribution is -2.23. The second-order valence-corrected chi connectivity index (χ2v) is 7.32. The van der Waals surface area contributed by atoms with E-state index in [4.69, 9.17) is 4.52 Å². The lowest BCUT2D eigenvalue weighted by Gasteiger charge is -2.09. The summed E-state index contributed by atoms with van der Waals surface area (Å²) >= 11 is 0. The molecule has 2 aromatic carbocycles. The van der Waals surface area contributed by atoms with Crippen LogP contribution in [0, 0.1) is 0 Å². The molecule has 9 heteroatoms. The van der Waals surface area contributed by atoms with Crippen LogP contribution in [0.4, 0.5) is 18.9 Å². The minimum Gasteiger partial charge on any atom is -0.379 e. The number of nitrogens with one attached hydrogen (secondary N) is 1. The molecule has 136 valence electrons. The molecule has 0 saturated heterocycles. The quantitative estimate of drug-likeness (QED) is 0.714. The number of rotatable bonds is 5. The zero-order chi connectivity index (χ0) is 18.8. The minimum absolute atomic E-state index is 0.266. The molecule has 0 atom stereocenters. The van der Waals surface area contributed by atoms with E-state index in [-0.39, 0.29) is 6.54 Å². The van der Waals surface area contributed by atoms with Gasteiger partial charge < -0.3 is 9.84 Å². The molecule has 0 aliphatic carbocycles. The molecule has 1 aromatic heterocycles. The van der Waals surface area contributed by atoms with Crippen LogP contribution in [0.5, 0.6) is 0 Å². The molecular formula is C17H13F3N2O3S. The Bertz CT molecular complexity index is 982. The zero-order valence-corrected chi connectivity index (χ0v) is 14.0. The topological polar surface area (TPSA) is 72.2 Å². The van der Waals surface area contributed by atoms with Gasteiger partial charge in [-0.25, -0.2) is 8.42 Å². The first-order valence-corrected chi connectivity index (χ1v) is 8.92. The Labute approximate surface area is 147 Å². The van der Waals surface area contributed by atoms with Crippen LogP contribution >= 0.6 is 0 Å². The van der Waals surface area contributed by atoms with Crippen molar-refractivity contribution in [3.05, 3.63) is 66.4 Å². The van der Waals surface area contributed by atoms with Crippen LogP contribution < -0.4 is 5.32 Å². The molecule has 0 fully saturated rings. The molecule has 0 bridgehead atoms. The first-order valence-electron chi connectivity index (χ1n) is 7.44. The fraction of sp³-hybridized carbons (Fsp3) is 0.118. The van der Waals surface area contributed by atoms with E-state index in [1.165, 1.54) is 12.1 Å². The third-order valence-electron chi connectivity index (χ3n) is 3.56. The van der Waals surface area contributed by atoms with Crippen LogP contribution in [0.1, 0.15) is 5.69 Å². The van der Waals surface area contributed by atoms with Crippen molar-refractivity contribution in [2.45, 2.75) is 16.9 Å². The number of halogens is 3. The van der Waals surface area contributed by atoms with Crippen LogP contribution in [0.3, 0.4) is 0 Å². The van der Waals surface area contributed by atoms with Gasteiger partial charge in [-0.3, -0.25) is 0 Å². The molecule has 1 N–H and O–H groups in total. The molecule has 1 heterocycles. The van der Waals surface area contributed by atoms with E-state index in [1.54, 1.807) is 6.07 Å². The van der Waals surface area contributed by atoms with Gasteiger partial charge in [-0.2, -0.15) is 13.2 Å². The van der Waals surface area contributed by atoms with E-state index < -0.39 is 20.2 Å². The molecule has 0 spiro atoms. The third kappa shape index (κ3) is 3.72. The molecule has 0 aliphatic heterocycles. The maximum atomic E-state index is 12.5. The van der Waals surface area contributed by atoms with E-state index in [0.717, 1.165) is 17.7 Å². The van der Waals surface area contributed by atoms with Crippen LogP contribution in [0.15, 0.2) is 70.1 Å². The second-order valence-electron chi connectivity index (χ2n) is 5.38. The van der Waals surface area contributed by atoms with Gasteiger partial charge in [0.1, 0.15) is 5.69 Å². The summed E-state index contributed by atoms with van der Waals surface area (Å²) in [6.07, 6.45) is 0. The van der Waals surface area contributed by atoms with Gasteiger partial charge in [-0.05, 0) is 24.3 Å². The molecule has 0 saturated carbocycles. The van der Waals surface area contributed by atoms with Crippen molar-refractivity contribution in [2.75, 3.05) is 5.32 Å². The molecule has 0 unspecified atom stereocenters. The highest BCUT2D eigenvalue weighted by atomic mass is 32.2. The van der Waals surface area contributed by atoms with Crippen molar-refractivity contribution in [2.24, 2.45) is 0 Å². The highest BCUT2D eigenvalue weighted by Crippen LogP contribution is 2.30. The highest BCUT2D eigenvalue weighted by molar-refractivity contribution is 7.92. The van der Waals surface area contributed by atoms with Gasteiger partial charge in [0.15, 0.2) is 5.76 Å². The summed E-state index contributed by atoms with van der Waals surface area (Å²) in [5.41, 5.74) is -3.41. The lowest BCUT2D eigenvalue weighted by molar-refractivity contribution is -0.0436. The van der Waals surface area contributed by atoms with Crippen molar-refractivity contribution in [3.63, 3.8) is 0 Å². The molecule has 0 aliphatic rings. The van der Waals surface area contributed by atoms with Crippen molar-refractivity contribution in [1.29, 1.82) is 0 Å². The number of anilines is 1. The van der Waals surface area contributed by atoms with Gasteiger partial charge in [-0.15, -0.1) is 0 Å². The molecule has 26 heavy (non-hydrogen) atoms. The number of alkyl halides is 3. The van der Waals surface area contributed by atoms with Crippen LogP contribution in [0.2, 0.25) is 0 Å². The van der Waals surface area contributed by atoms with Gasteiger partial charge in [0, 0.05) is 17.3 Å². The van der Waals surface area contributed by atoms with E-state index in [2.05, 4.69) is 10.5 Å². The Morgan fingerprint density at radius 1 is 1.00 bits per heavy atom. The summed E-state index contributed by atoms with van der Waals surface area (Å²) in [5, 5.41) is 6.86. The second kappa shape index (κ2) is 6.83. The minimum atomic E-state index is -5.34. The summed E-state index contributed by atoms with van der Waals surface area (Å²) in [7, 11) is -5.34. The van der Waals surface area contributed by atoms with Crippen LogP contribution in [0.25, 0.3) is 11.3 Å². The van der Waals surface area contributed by atoms with Gasteiger partial charge in [0.2, 0.25) is 0 Å². The standard InChI is InChI=1S/C17H13F3N2O3S/c18-17(19,20)26(23,24)15-8-6-13(7-9-15)21-11-14-10-16(25-22-14)12-4-2-1-3-5-12/h1-10,21H,11H2. The number of hydrogen-bond acceptors (Lipinski definition) is 5. The summed E-state index contributed by atoms with van der Waals surface area (Å²) in [6.45, 7) is 0.266. The monoisotopic (exact) mass is 382 g/mol. The number of sulfone groups is 1. The molecule has 3 aromatic rings. The zero-order valence-electron chi connectivity index (χ0n) is 13.2. The summed E-state index contributed by atoms with van der Waals surface area (Å²) < 4.78 is 65.4. The fourth-order valence-electron chi connectivity index (χ4n) is 2.21. The predicted molar refractivity (Wildman–Crippen MR) is 88.9 cm³/mol. The Hall–Kier alpha value is -2.81. The first kappa shape index (κ1) is 18.0. The maximum Gasteiger partial charge on any atom is 0.501 e. The normalized spacial score (nSPS) is 12.1. The van der Waals surface area contributed by atoms with Gasteiger partial charge in [0.25, 0.3) is 9.84 Å². The number of nitrogens with zero attached hydrogens (tertiary/aromatic N) is 1. The van der Waals surface area contributed by atoms with E-state index in [0.29, 0.717) is 17.1 Å². The third-order valence-corrected chi connectivity index (χ3v) is 5.06. The van der Waals surface area contributed by atoms with Crippen molar-refractivity contribution >= 4 is 15.5 Å². The van der Waals surface area contributed by atoms with Gasteiger partial charge >= 0.3 is 5.51 Å². The van der Waals surface area contributed by atoms with Gasteiger partial charge in [-0.1, -0.05) is 35.5 Å². The number of hydrogen-bond donors (Lipinski definition) is 1. The Morgan fingerprint density at radius 3 is 2.27 bits per heavy atom. The average Bonchev–Trinajstić information content (AvgIpc) is 3.09. The van der Waals surface area contributed by atoms with Crippen molar-refractivity contribution in [1.82, 2.24) is 5.16 Å². The highest BCUT2D eigenvalue weighted by Gasteiger charge is 2.46. The SMILES string of the molecule is O=S(=O)(c1ccc(NCc2cc(-c3ccccc3)on2)cc1)C(F)(F)F. The number of benzene rings is 2. The predicted octanol–water partition coefficient (Wildman–Crippen LogP) is 4.25. The largest absolute Gasteiger partial charge is 0.501 e. The lowest BCUT2D eigenvalue weighted by atomic mass is 10.1. The maximum absolute atomic E-state index is 12.5. The van der Waals surface area contributed by atoms with Gasteiger partial charge in [0.05, 0.1) is 11.4 Å². The van der Waals surface area contributed by atoms with Crippen molar-refractivity contribution < 1.29 is 26.1 Å². The Balaban J connectivity index is 1.67. The number of aromatic nitrogens is 1. The molecule has 3 rings (SSSR count). The van der Waals surface area contributed by atoms with E-state index in [1.807, 2.05) is 30.3 Å². The first-order chi connectivity index (χ1) is 12.3. The molecule has 0 radical (unpaired) electrons. The molecule has 0 amide bonds.